The summed E-state index contributed by atoms with van der Waals surface area (Å²) in [6.45, 7) is 0.449. The molecule has 8 nitrogen and oxygen atoms in total. The summed E-state index contributed by atoms with van der Waals surface area (Å²) in [5.74, 6) is -0.278. The summed E-state index contributed by atoms with van der Waals surface area (Å²) < 4.78 is 1.63. The Kier molecular flexibility index (Phi) is 3.61. The van der Waals surface area contributed by atoms with Gasteiger partial charge in [-0.2, -0.15) is 5.10 Å². The first kappa shape index (κ1) is 13.3. The molecular formula is C13H14N6O2. The highest BCUT2D eigenvalue weighted by molar-refractivity contribution is 5.96. The molecule has 0 saturated carbocycles. The zero-order valence-electron chi connectivity index (χ0n) is 11.1. The molecule has 1 saturated heterocycles. The first-order chi connectivity index (χ1) is 10.2. The van der Waals surface area contributed by atoms with E-state index in [0.717, 1.165) is 5.69 Å². The molecule has 108 valence electrons. The van der Waals surface area contributed by atoms with E-state index in [4.69, 9.17) is 0 Å². The topological polar surface area (TPSA) is 101 Å². The van der Waals surface area contributed by atoms with Crippen molar-refractivity contribution in [3.8, 4) is 5.69 Å². The number of nitrogens with zero attached hydrogens (tertiary/aromatic N) is 3. The van der Waals surface area contributed by atoms with E-state index in [-0.39, 0.29) is 18.4 Å². The van der Waals surface area contributed by atoms with Gasteiger partial charge in [0.05, 0.1) is 12.2 Å². The van der Waals surface area contributed by atoms with Gasteiger partial charge in [0.2, 0.25) is 11.8 Å². The summed E-state index contributed by atoms with van der Waals surface area (Å²) in [7, 11) is 0. The van der Waals surface area contributed by atoms with Crippen LogP contribution in [0.4, 0.5) is 5.69 Å². The molecule has 1 fully saturated rings. The summed E-state index contributed by atoms with van der Waals surface area (Å²) in [6.07, 6.45) is 3.06. The largest absolute Gasteiger partial charge is 0.353 e. The molecular weight excluding hydrogens is 272 g/mol. The van der Waals surface area contributed by atoms with E-state index in [1.165, 1.54) is 6.33 Å². The third kappa shape index (κ3) is 3.06. The Bertz CT molecular complexity index is 627. The number of nitrogens with one attached hydrogen (secondary N) is 3. The predicted molar refractivity (Wildman–Crippen MR) is 74.8 cm³/mol. The minimum Gasteiger partial charge on any atom is -0.353 e. The van der Waals surface area contributed by atoms with Crippen LogP contribution in [-0.2, 0) is 9.59 Å². The third-order valence-electron chi connectivity index (χ3n) is 3.15. The van der Waals surface area contributed by atoms with Crippen LogP contribution in [-0.4, -0.2) is 45.7 Å². The number of piperazine rings is 1. The van der Waals surface area contributed by atoms with Gasteiger partial charge >= 0.3 is 0 Å². The Morgan fingerprint density at radius 2 is 2.14 bits per heavy atom. The maximum Gasteiger partial charge on any atom is 0.243 e. The Hall–Kier alpha value is -2.74. The monoisotopic (exact) mass is 286 g/mol. The van der Waals surface area contributed by atoms with E-state index in [9.17, 15) is 9.59 Å². The average molecular weight is 286 g/mol. The Labute approximate surface area is 120 Å². The fourth-order valence-corrected chi connectivity index (χ4v) is 2.02. The van der Waals surface area contributed by atoms with Crippen LogP contribution in [0.3, 0.4) is 0 Å². The summed E-state index contributed by atoms with van der Waals surface area (Å²) in [4.78, 5) is 26.9. The van der Waals surface area contributed by atoms with Crippen molar-refractivity contribution in [3.63, 3.8) is 0 Å². The van der Waals surface area contributed by atoms with Gasteiger partial charge in [-0.3, -0.25) is 14.9 Å². The van der Waals surface area contributed by atoms with Crippen LogP contribution in [0.1, 0.15) is 0 Å². The fraction of sp³-hybridized carbons (Fsp3) is 0.231. The molecule has 1 aliphatic rings. The quantitative estimate of drug-likeness (QED) is 0.692. The fourth-order valence-electron chi connectivity index (χ4n) is 2.02. The highest BCUT2D eigenvalue weighted by atomic mass is 16.2. The molecule has 1 aliphatic heterocycles. The van der Waals surface area contributed by atoms with Crippen molar-refractivity contribution in [2.45, 2.75) is 6.04 Å². The number of hydrogen-bond acceptors (Lipinski definition) is 5. The second-order valence-corrected chi connectivity index (χ2v) is 4.61. The zero-order chi connectivity index (χ0) is 14.7. The number of carbonyl (C=O) groups is 2. The molecule has 21 heavy (non-hydrogen) atoms. The van der Waals surface area contributed by atoms with Crippen molar-refractivity contribution < 1.29 is 9.59 Å². The number of benzene rings is 1. The summed E-state index contributed by atoms with van der Waals surface area (Å²) in [5, 5.41) is 12.3. The zero-order valence-corrected chi connectivity index (χ0v) is 11.1. The van der Waals surface area contributed by atoms with Gasteiger partial charge in [-0.05, 0) is 24.3 Å². The molecule has 1 atom stereocenters. The number of rotatable bonds is 3. The van der Waals surface area contributed by atoms with E-state index >= 15 is 0 Å². The lowest BCUT2D eigenvalue weighted by molar-refractivity contribution is -0.124. The molecule has 1 aromatic carbocycles. The minimum atomic E-state index is -0.419. The number of hydrogen-bond donors (Lipinski definition) is 3. The van der Waals surface area contributed by atoms with E-state index in [1.807, 2.05) is 12.1 Å². The predicted octanol–water partition coefficient (Wildman–Crippen LogP) is -0.706. The number of carbonyl (C=O) groups excluding carboxylic acids is 2. The molecule has 2 aromatic rings. The van der Waals surface area contributed by atoms with Crippen LogP contribution in [0.25, 0.3) is 5.69 Å². The van der Waals surface area contributed by atoms with Crippen molar-refractivity contribution in [2.24, 2.45) is 0 Å². The second kappa shape index (κ2) is 5.71. The van der Waals surface area contributed by atoms with Crippen molar-refractivity contribution in [1.82, 2.24) is 25.4 Å². The van der Waals surface area contributed by atoms with Crippen molar-refractivity contribution >= 4 is 17.5 Å². The van der Waals surface area contributed by atoms with Gasteiger partial charge in [-0.1, -0.05) is 0 Å². The molecule has 1 aromatic heterocycles. The van der Waals surface area contributed by atoms with Gasteiger partial charge in [0.1, 0.15) is 18.7 Å². The Balaban J connectivity index is 1.62. The van der Waals surface area contributed by atoms with Crippen LogP contribution in [0.5, 0.6) is 0 Å². The summed E-state index contributed by atoms with van der Waals surface area (Å²) in [5.41, 5.74) is 1.54. The SMILES string of the molecule is O=C1CNC(C(=O)Nc2ccc(-n3cncn3)cc2)CN1. The highest BCUT2D eigenvalue weighted by Gasteiger charge is 2.23. The number of aromatic nitrogens is 3. The van der Waals surface area contributed by atoms with Gasteiger partial charge in [-0.25, -0.2) is 9.67 Å². The van der Waals surface area contributed by atoms with E-state index in [2.05, 4.69) is 26.0 Å². The van der Waals surface area contributed by atoms with Crippen LogP contribution in [0.15, 0.2) is 36.9 Å². The number of anilines is 1. The minimum absolute atomic E-state index is 0.101. The highest BCUT2D eigenvalue weighted by Crippen LogP contribution is 2.12. The van der Waals surface area contributed by atoms with Crippen molar-refractivity contribution in [1.29, 1.82) is 0 Å². The summed E-state index contributed by atoms with van der Waals surface area (Å²) in [6, 6.07) is 6.82. The van der Waals surface area contributed by atoms with Crippen LogP contribution in [0, 0.1) is 0 Å². The lowest BCUT2D eigenvalue weighted by atomic mass is 10.2. The maximum absolute atomic E-state index is 12.0. The lowest BCUT2D eigenvalue weighted by Gasteiger charge is -2.23. The molecule has 0 aliphatic carbocycles. The van der Waals surface area contributed by atoms with E-state index < -0.39 is 6.04 Å². The molecule has 8 heteroatoms. The molecule has 0 bridgehead atoms. The number of amides is 2. The second-order valence-electron chi connectivity index (χ2n) is 4.61. The average Bonchev–Trinajstić information content (AvgIpc) is 3.03. The molecule has 2 amide bonds. The first-order valence-electron chi connectivity index (χ1n) is 6.48. The standard InChI is InChI=1S/C13H14N6O2/c20-12-6-15-11(5-16-12)13(21)18-9-1-3-10(4-2-9)19-8-14-7-17-19/h1-4,7-8,11,15H,5-6H2,(H,16,20)(H,18,21). The first-order valence-corrected chi connectivity index (χ1v) is 6.48. The van der Waals surface area contributed by atoms with E-state index in [0.29, 0.717) is 12.2 Å². The van der Waals surface area contributed by atoms with Crippen LogP contribution >= 0.6 is 0 Å². The normalized spacial score (nSPS) is 18.1. The summed E-state index contributed by atoms with van der Waals surface area (Å²) >= 11 is 0. The van der Waals surface area contributed by atoms with Crippen LogP contribution in [0.2, 0.25) is 0 Å². The van der Waals surface area contributed by atoms with Crippen LogP contribution < -0.4 is 16.0 Å². The van der Waals surface area contributed by atoms with Gasteiger partial charge in [0.25, 0.3) is 0 Å². The van der Waals surface area contributed by atoms with Gasteiger partial charge < -0.3 is 10.6 Å². The molecule has 1 unspecified atom stereocenters. The van der Waals surface area contributed by atoms with Gasteiger partial charge in [0, 0.05) is 12.2 Å². The van der Waals surface area contributed by atoms with Crippen molar-refractivity contribution in [3.05, 3.63) is 36.9 Å². The molecule has 3 rings (SSSR count). The molecule has 2 heterocycles. The smallest absolute Gasteiger partial charge is 0.243 e. The molecule has 0 radical (unpaired) electrons. The molecule has 0 spiro atoms. The Morgan fingerprint density at radius 1 is 1.33 bits per heavy atom. The van der Waals surface area contributed by atoms with Gasteiger partial charge in [0.15, 0.2) is 0 Å². The lowest BCUT2D eigenvalue weighted by Crippen LogP contribution is -2.56. The van der Waals surface area contributed by atoms with Crippen molar-refractivity contribution in [2.75, 3.05) is 18.4 Å². The Morgan fingerprint density at radius 3 is 2.76 bits per heavy atom. The third-order valence-corrected chi connectivity index (χ3v) is 3.15. The maximum atomic E-state index is 12.0. The van der Waals surface area contributed by atoms with Gasteiger partial charge in [-0.15, -0.1) is 0 Å². The molecule has 3 N–H and O–H groups in total. The van der Waals surface area contributed by atoms with E-state index in [1.54, 1.807) is 23.1 Å².